The Bertz CT molecular complexity index is 960. The third-order valence-electron chi connectivity index (χ3n) is 4.97. The number of nitrogens with zero attached hydrogens (tertiary/aromatic N) is 3. The van der Waals surface area contributed by atoms with Crippen LogP contribution in [0.15, 0.2) is 30.7 Å². The van der Waals surface area contributed by atoms with E-state index in [2.05, 4.69) is 34.4 Å². The number of rotatable bonds is 5. The van der Waals surface area contributed by atoms with Crippen LogP contribution in [0, 0.1) is 5.92 Å². The molecule has 7 nitrogen and oxygen atoms in total. The van der Waals surface area contributed by atoms with Crippen LogP contribution in [-0.4, -0.2) is 46.1 Å². The summed E-state index contributed by atoms with van der Waals surface area (Å²) in [5, 5.41) is 7.24. The molecule has 3 aromatic heterocycles. The van der Waals surface area contributed by atoms with E-state index < -0.39 is 0 Å². The van der Waals surface area contributed by atoms with E-state index in [4.69, 9.17) is 4.74 Å². The molecule has 0 radical (unpaired) electrons. The van der Waals surface area contributed by atoms with Crippen LogP contribution in [0.1, 0.15) is 37.0 Å². The van der Waals surface area contributed by atoms with Crippen molar-refractivity contribution in [2.24, 2.45) is 5.92 Å². The van der Waals surface area contributed by atoms with Crippen LogP contribution in [-0.2, 0) is 4.74 Å². The van der Waals surface area contributed by atoms with E-state index in [0.717, 1.165) is 42.6 Å². The van der Waals surface area contributed by atoms with E-state index in [1.54, 1.807) is 0 Å². The topological polar surface area (TPSA) is 80.5 Å². The first kappa shape index (κ1) is 17.7. The molecular formula is C20H25N5O2. The molecule has 1 saturated heterocycles. The molecule has 0 bridgehead atoms. The first-order chi connectivity index (χ1) is 13.1. The number of carbonyl (C=O) groups excluding carboxylic acids is 1. The highest BCUT2D eigenvalue weighted by atomic mass is 16.5. The van der Waals surface area contributed by atoms with Crippen molar-refractivity contribution in [3.63, 3.8) is 0 Å². The Morgan fingerprint density at radius 2 is 2.11 bits per heavy atom. The Morgan fingerprint density at radius 3 is 2.89 bits per heavy atom. The van der Waals surface area contributed by atoms with E-state index in [1.165, 1.54) is 6.33 Å². The SMILES string of the molecule is CC(C)Nc1ncnc2c1c(C(=O)NCC1CCOCC1)c1ccccn12. The Hall–Kier alpha value is -2.67. The molecule has 3 aromatic rings. The van der Waals surface area contributed by atoms with Crippen LogP contribution in [0.3, 0.4) is 0 Å². The maximum absolute atomic E-state index is 13.2. The molecule has 4 heterocycles. The van der Waals surface area contributed by atoms with Crippen molar-refractivity contribution in [1.29, 1.82) is 0 Å². The first-order valence-corrected chi connectivity index (χ1v) is 9.51. The molecule has 1 amide bonds. The van der Waals surface area contributed by atoms with Gasteiger partial charge in [0.2, 0.25) is 0 Å². The summed E-state index contributed by atoms with van der Waals surface area (Å²) in [4.78, 5) is 22.0. The predicted octanol–water partition coefficient (Wildman–Crippen LogP) is 2.86. The Kier molecular flexibility index (Phi) is 4.94. The number of nitrogens with one attached hydrogen (secondary N) is 2. The lowest BCUT2D eigenvalue weighted by Crippen LogP contribution is -2.32. The number of ether oxygens (including phenoxy) is 1. The first-order valence-electron chi connectivity index (χ1n) is 9.51. The Morgan fingerprint density at radius 1 is 1.30 bits per heavy atom. The van der Waals surface area contributed by atoms with Crippen molar-refractivity contribution < 1.29 is 9.53 Å². The van der Waals surface area contributed by atoms with Gasteiger partial charge < -0.3 is 19.8 Å². The van der Waals surface area contributed by atoms with E-state index in [0.29, 0.717) is 23.8 Å². The second-order valence-corrected chi connectivity index (χ2v) is 7.32. The molecule has 1 aliphatic heterocycles. The van der Waals surface area contributed by atoms with Gasteiger partial charge in [-0.1, -0.05) is 6.07 Å². The zero-order valence-corrected chi connectivity index (χ0v) is 15.7. The zero-order valence-electron chi connectivity index (χ0n) is 15.7. The lowest BCUT2D eigenvalue weighted by molar-refractivity contribution is 0.0643. The Labute approximate surface area is 158 Å². The fourth-order valence-corrected chi connectivity index (χ4v) is 3.64. The van der Waals surface area contributed by atoms with Gasteiger partial charge in [0.15, 0.2) is 5.65 Å². The molecular weight excluding hydrogens is 342 g/mol. The fourth-order valence-electron chi connectivity index (χ4n) is 3.64. The molecule has 0 atom stereocenters. The van der Waals surface area contributed by atoms with Gasteiger partial charge in [-0.15, -0.1) is 0 Å². The average Bonchev–Trinajstić information content (AvgIpc) is 3.02. The second kappa shape index (κ2) is 7.52. The summed E-state index contributed by atoms with van der Waals surface area (Å²) < 4.78 is 7.36. The summed E-state index contributed by atoms with van der Waals surface area (Å²) in [6.45, 7) is 6.31. The highest BCUT2D eigenvalue weighted by molar-refractivity contribution is 6.16. The van der Waals surface area contributed by atoms with E-state index in [9.17, 15) is 4.79 Å². The van der Waals surface area contributed by atoms with Gasteiger partial charge in [0.05, 0.1) is 16.5 Å². The zero-order chi connectivity index (χ0) is 18.8. The van der Waals surface area contributed by atoms with Gasteiger partial charge in [-0.3, -0.25) is 4.79 Å². The van der Waals surface area contributed by atoms with Gasteiger partial charge in [-0.05, 0) is 44.7 Å². The molecule has 2 N–H and O–H groups in total. The van der Waals surface area contributed by atoms with Gasteiger partial charge in [-0.2, -0.15) is 0 Å². The summed E-state index contributed by atoms with van der Waals surface area (Å²) >= 11 is 0. The quantitative estimate of drug-likeness (QED) is 0.725. The lowest BCUT2D eigenvalue weighted by Gasteiger charge is -2.22. The van der Waals surface area contributed by atoms with Crippen LogP contribution in [0.25, 0.3) is 16.6 Å². The molecule has 142 valence electrons. The van der Waals surface area contributed by atoms with E-state index in [1.807, 2.05) is 28.8 Å². The molecule has 0 aliphatic carbocycles. The van der Waals surface area contributed by atoms with Crippen molar-refractivity contribution in [1.82, 2.24) is 19.7 Å². The number of hydrogen-bond donors (Lipinski definition) is 2. The van der Waals surface area contributed by atoms with Crippen LogP contribution in [0.4, 0.5) is 5.82 Å². The number of fused-ring (bicyclic) bond motifs is 3. The average molecular weight is 367 g/mol. The summed E-state index contributed by atoms with van der Waals surface area (Å²) in [5.74, 6) is 1.07. The molecule has 4 rings (SSSR count). The highest BCUT2D eigenvalue weighted by Gasteiger charge is 2.23. The molecule has 0 spiro atoms. The molecule has 0 saturated carbocycles. The van der Waals surface area contributed by atoms with Crippen LogP contribution < -0.4 is 10.6 Å². The fraction of sp³-hybridized carbons (Fsp3) is 0.450. The highest BCUT2D eigenvalue weighted by Crippen LogP contribution is 2.30. The number of carbonyl (C=O) groups is 1. The van der Waals surface area contributed by atoms with Gasteiger partial charge in [0, 0.05) is 32.0 Å². The van der Waals surface area contributed by atoms with Crippen molar-refractivity contribution >= 4 is 28.3 Å². The van der Waals surface area contributed by atoms with Gasteiger partial charge >= 0.3 is 0 Å². The van der Waals surface area contributed by atoms with Crippen molar-refractivity contribution in [3.05, 3.63) is 36.3 Å². The second-order valence-electron chi connectivity index (χ2n) is 7.32. The summed E-state index contributed by atoms with van der Waals surface area (Å²) in [7, 11) is 0. The number of anilines is 1. The monoisotopic (exact) mass is 367 g/mol. The molecule has 1 aliphatic rings. The van der Waals surface area contributed by atoms with Crippen molar-refractivity contribution in [2.45, 2.75) is 32.7 Å². The minimum absolute atomic E-state index is 0.0817. The molecule has 0 unspecified atom stereocenters. The standard InChI is InChI=1S/C20H25N5O2/c1-13(2)24-18-17-16(20(26)21-11-14-6-9-27-10-7-14)15-5-3-4-8-25(15)19(17)23-12-22-18/h3-5,8,12-14H,6-7,9-11H2,1-2H3,(H,21,26)(H,22,23,24). The van der Waals surface area contributed by atoms with Crippen LogP contribution in [0.2, 0.25) is 0 Å². The minimum Gasteiger partial charge on any atom is -0.381 e. The van der Waals surface area contributed by atoms with E-state index >= 15 is 0 Å². The van der Waals surface area contributed by atoms with Crippen LogP contribution >= 0.6 is 0 Å². The van der Waals surface area contributed by atoms with Crippen molar-refractivity contribution in [2.75, 3.05) is 25.1 Å². The smallest absolute Gasteiger partial charge is 0.254 e. The molecule has 0 aromatic carbocycles. The lowest BCUT2D eigenvalue weighted by atomic mass is 10.0. The predicted molar refractivity (Wildman–Crippen MR) is 105 cm³/mol. The van der Waals surface area contributed by atoms with Crippen molar-refractivity contribution in [3.8, 4) is 0 Å². The number of hydrogen-bond acceptors (Lipinski definition) is 5. The maximum Gasteiger partial charge on any atom is 0.254 e. The summed E-state index contributed by atoms with van der Waals surface area (Å²) in [5.41, 5.74) is 2.20. The van der Waals surface area contributed by atoms with E-state index in [-0.39, 0.29) is 11.9 Å². The molecule has 27 heavy (non-hydrogen) atoms. The number of amides is 1. The molecule has 1 fully saturated rings. The largest absolute Gasteiger partial charge is 0.381 e. The third-order valence-corrected chi connectivity index (χ3v) is 4.97. The molecule has 7 heteroatoms. The van der Waals surface area contributed by atoms with Gasteiger partial charge in [-0.25, -0.2) is 9.97 Å². The number of aromatic nitrogens is 3. The Balaban J connectivity index is 1.75. The summed E-state index contributed by atoms with van der Waals surface area (Å²) in [6.07, 6.45) is 5.44. The minimum atomic E-state index is -0.0817. The third kappa shape index (κ3) is 3.47. The van der Waals surface area contributed by atoms with Crippen LogP contribution in [0.5, 0.6) is 0 Å². The normalized spacial score (nSPS) is 15.5. The van der Waals surface area contributed by atoms with Gasteiger partial charge in [0.1, 0.15) is 12.1 Å². The van der Waals surface area contributed by atoms with Gasteiger partial charge in [0.25, 0.3) is 5.91 Å². The number of pyridine rings is 1. The maximum atomic E-state index is 13.2. The summed E-state index contributed by atoms with van der Waals surface area (Å²) in [6, 6.07) is 6.02.